The van der Waals surface area contributed by atoms with E-state index in [-0.39, 0.29) is 5.91 Å². The summed E-state index contributed by atoms with van der Waals surface area (Å²) in [5.74, 6) is 0.146. The number of piperazine rings is 1. The van der Waals surface area contributed by atoms with Crippen LogP contribution in [0.2, 0.25) is 0 Å². The molecule has 2 aromatic rings. The van der Waals surface area contributed by atoms with Gasteiger partial charge in [-0.3, -0.25) is 14.4 Å². The number of nitrogens with zero attached hydrogens (tertiary/aromatic N) is 4. The summed E-state index contributed by atoms with van der Waals surface area (Å²) in [6.45, 7) is 12.7. The number of hydrogen-bond donors (Lipinski definition) is 0. The van der Waals surface area contributed by atoms with Crippen LogP contribution in [0, 0.1) is 13.8 Å². The van der Waals surface area contributed by atoms with E-state index in [9.17, 15) is 4.79 Å². The van der Waals surface area contributed by atoms with Gasteiger partial charge in [-0.2, -0.15) is 5.10 Å². The van der Waals surface area contributed by atoms with E-state index in [2.05, 4.69) is 22.6 Å². The third-order valence-corrected chi connectivity index (χ3v) is 5.78. The quantitative estimate of drug-likeness (QED) is 0.816. The lowest BCUT2D eigenvalue weighted by atomic mass is 10.1. The molecular formula is C22H30N4O2. The van der Waals surface area contributed by atoms with Crippen molar-refractivity contribution >= 4 is 5.91 Å². The Balaban J connectivity index is 1.40. The van der Waals surface area contributed by atoms with Crippen molar-refractivity contribution in [2.24, 2.45) is 0 Å². The predicted octanol–water partition coefficient (Wildman–Crippen LogP) is 2.55. The second-order valence-corrected chi connectivity index (χ2v) is 7.94. The predicted molar refractivity (Wildman–Crippen MR) is 108 cm³/mol. The van der Waals surface area contributed by atoms with E-state index in [4.69, 9.17) is 9.84 Å². The van der Waals surface area contributed by atoms with Gasteiger partial charge in [0, 0.05) is 62.5 Å². The van der Waals surface area contributed by atoms with E-state index in [1.165, 1.54) is 11.3 Å². The maximum absolute atomic E-state index is 12.9. The Bertz CT molecular complexity index is 845. The standard InChI is InChI=1S/C22H30N4O2/c1-4-26-21-5-10-28-15-19(21)20(23-26)14-24-6-8-25(9-7-24)22(27)18-12-16(2)11-17(3)13-18/h11-13H,4-10,14-15H2,1-3H3. The van der Waals surface area contributed by atoms with Gasteiger partial charge >= 0.3 is 0 Å². The first-order chi connectivity index (χ1) is 13.5. The normalized spacial score (nSPS) is 17.6. The molecule has 0 saturated carbocycles. The largest absolute Gasteiger partial charge is 0.376 e. The van der Waals surface area contributed by atoms with Crippen molar-refractivity contribution in [1.29, 1.82) is 0 Å². The first-order valence-corrected chi connectivity index (χ1v) is 10.3. The molecule has 28 heavy (non-hydrogen) atoms. The van der Waals surface area contributed by atoms with Crippen LogP contribution in [0.3, 0.4) is 0 Å². The molecule has 6 nitrogen and oxygen atoms in total. The van der Waals surface area contributed by atoms with Gasteiger partial charge in [-0.05, 0) is 32.9 Å². The smallest absolute Gasteiger partial charge is 0.253 e. The maximum atomic E-state index is 12.9. The maximum Gasteiger partial charge on any atom is 0.253 e. The zero-order valence-corrected chi connectivity index (χ0v) is 17.2. The Hall–Kier alpha value is -2.18. The molecule has 0 unspecified atom stereocenters. The summed E-state index contributed by atoms with van der Waals surface area (Å²) in [5.41, 5.74) is 6.85. The number of aryl methyl sites for hydroxylation is 3. The molecule has 1 aromatic heterocycles. The van der Waals surface area contributed by atoms with E-state index in [0.717, 1.165) is 74.7 Å². The number of amides is 1. The zero-order valence-electron chi connectivity index (χ0n) is 17.2. The average Bonchev–Trinajstić information content (AvgIpc) is 3.05. The lowest BCUT2D eigenvalue weighted by molar-refractivity contribution is 0.0624. The Morgan fingerprint density at radius 3 is 2.50 bits per heavy atom. The molecule has 1 amide bonds. The molecule has 3 heterocycles. The fourth-order valence-electron chi connectivity index (χ4n) is 4.37. The van der Waals surface area contributed by atoms with Gasteiger partial charge in [0.15, 0.2) is 0 Å². The van der Waals surface area contributed by atoms with Crippen molar-refractivity contribution in [3.8, 4) is 0 Å². The van der Waals surface area contributed by atoms with Crippen LogP contribution in [0.1, 0.15) is 45.4 Å². The second-order valence-electron chi connectivity index (χ2n) is 7.94. The van der Waals surface area contributed by atoms with Crippen LogP contribution in [0.5, 0.6) is 0 Å². The molecule has 1 saturated heterocycles. The Labute approximate surface area is 167 Å². The van der Waals surface area contributed by atoms with Gasteiger partial charge in [0.1, 0.15) is 0 Å². The van der Waals surface area contributed by atoms with Gasteiger partial charge in [-0.15, -0.1) is 0 Å². The first-order valence-electron chi connectivity index (χ1n) is 10.3. The van der Waals surface area contributed by atoms with E-state index < -0.39 is 0 Å². The van der Waals surface area contributed by atoms with Crippen LogP contribution in [0.4, 0.5) is 0 Å². The monoisotopic (exact) mass is 382 g/mol. The fraction of sp³-hybridized carbons (Fsp3) is 0.545. The number of ether oxygens (including phenoxy) is 1. The number of carbonyl (C=O) groups is 1. The van der Waals surface area contributed by atoms with Crippen molar-refractivity contribution in [1.82, 2.24) is 19.6 Å². The molecule has 4 rings (SSSR count). The number of aromatic nitrogens is 2. The summed E-state index contributed by atoms with van der Waals surface area (Å²) < 4.78 is 7.81. The molecule has 1 aromatic carbocycles. The summed E-state index contributed by atoms with van der Waals surface area (Å²) in [6, 6.07) is 6.09. The highest BCUT2D eigenvalue weighted by Crippen LogP contribution is 2.23. The Morgan fingerprint density at radius 2 is 1.82 bits per heavy atom. The molecule has 2 aliphatic rings. The van der Waals surface area contributed by atoms with E-state index in [0.29, 0.717) is 6.61 Å². The third-order valence-electron chi connectivity index (χ3n) is 5.78. The summed E-state index contributed by atoms with van der Waals surface area (Å²) in [6.07, 6.45) is 0.953. The molecular weight excluding hydrogens is 352 g/mol. The van der Waals surface area contributed by atoms with Crippen LogP contribution >= 0.6 is 0 Å². The van der Waals surface area contributed by atoms with Crippen LogP contribution < -0.4 is 0 Å². The molecule has 1 fully saturated rings. The van der Waals surface area contributed by atoms with Gasteiger partial charge in [-0.25, -0.2) is 0 Å². The SMILES string of the molecule is CCn1nc(CN2CCN(C(=O)c3cc(C)cc(C)c3)CC2)c2c1CCOC2. The van der Waals surface area contributed by atoms with Crippen LogP contribution in [-0.2, 0) is 30.9 Å². The number of rotatable bonds is 4. The highest BCUT2D eigenvalue weighted by molar-refractivity contribution is 5.94. The molecule has 0 spiro atoms. The Kier molecular flexibility index (Phi) is 5.51. The number of benzene rings is 1. The topological polar surface area (TPSA) is 50.6 Å². The highest BCUT2D eigenvalue weighted by Gasteiger charge is 2.26. The van der Waals surface area contributed by atoms with Crippen LogP contribution in [0.25, 0.3) is 0 Å². The van der Waals surface area contributed by atoms with Gasteiger partial charge in [0.2, 0.25) is 0 Å². The minimum atomic E-state index is 0.146. The number of carbonyl (C=O) groups excluding carboxylic acids is 1. The van der Waals surface area contributed by atoms with E-state index in [1.54, 1.807) is 0 Å². The first kappa shape index (κ1) is 19.2. The molecule has 2 aliphatic heterocycles. The van der Waals surface area contributed by atoms with Crippen LogP contribution in [-0.4, -0.2) is 58.3 Å². The molecule has 0 aliphatic carbocycles. The fourth-order valence-corrected chi connectivity index (χ4v) is 4.37. The third kappa shape index (κ3) is 3.84. The molecule has 0 bridgehead atoms. The van der Waals surface area contributed by atoms with Gasteiger partial charge in [0.05, 0.1) is 18.9 Å². The molecule has 150 valence electrons. The van der Waals surface area contributed by atoms with Gasteiger partial charge in [-0.1, -0.05) is 17.2 Å². The summed E-state index contributed by atoms with van der Waals surface area (Å²) in [7, 11) is 0. The molecule has 0 atom stereocenters. The van der Waals surface area contributed by atoms with Crippen molar-refractivity contribution in [3.63, 3.8) is 0 Å². The summed E-state index contributed by atoms with van der Waals surface area (Å²) in [5, 5.41) is 4.84. The zero-order chi connectivity index (χ0) is 19.7. The summed E-state index contributed by atoms with van der Waals surface area (Å²) >= 11 is 0. The van der Waals surface area contributed by atoms with Crippen molar-refractivity contribution in [2.75, 3.05) is 32.8 Å². The van der Waals surface area contributed by atoms with Gasteiger partial charge in [0.25, 0.3) is 5.91 Å². The van der Waals surface area contributed by atoms with E-state index in [1.807, 2.05) is 30.9 Å². The number of hydrogen-bond acceptors (Lipinski definition) is 4. The molecule has 6 heteroatoms. The number of fused-ring (bicyclic) bond motifs is 1. The Morgan fingerprint density at radius 1 is 1.11 bits per heavy atom. The highest BCUT2D eigenvalue weighted by atomic mass is 16.5. The lowest BCUT2D eigenvalue weighted by Crippen LogP contribution is -2.48. The minimum Gasteiger partial charge on any atom is -0.376 e. The molecule has 0 N–H and O–H groups in total. The summed E-state index contributed by atoms with van der Waals surface area (Å²) in [4.78, 5) is 17.3. The van der Waals surface area contributed by atoms with E-state index >= 15 is 0 Å². The van der Waals surface area contributed by atoms with Crippen LogP contribution in [0.15, 0.2) is 18.2 Å². The van der Waals surface area contributed by atoms with Crippen molar-refractivity contribution < 1.29 is 9.53 Å². The van der Waals surface area contributed by atoms with Crippen molar-refractivity contribution in [3.05, 3.63) is 51.8 Å². The molecule has 0 radical (unpaired) electrons. The van der Waals surface area contributed by atoms with Gasteiger partial charge < -0.3 is 9.64 Å². The average molecular weight is 383 g/mol. The van der Waals surface area contributed by atoms with Crippen molar-refractivity contribution in [2.45, 2.75) is 46.9 Å². The minimum absolute atomic E-state index is 0.146. The lowest BCUT2D eigenvalue weighted by Gasteiger charge is -2.34. The second kappa shape index (κ2) is 8.05.